The van der Waals surface area contributed by atoms with E-state index in [4.69, 9.17) is 26.2 Å². The summed E-state index contributed by atoms with van der Waals surface area (Å²) < 4.78 is 54.3. The second kappa shape index (κ2) is 11.8. The van der Waals surface area contributed by atoms with E-state index in [1.807, 2.05) is 0 Å². The number of halogens is 4. The highest BCUT2D eigenvalue weighted by atomic mass is 35.5. The highest BCUT2D eigenvalue weighted by Crippen LogP contribution is 2.38. The molecule has 3 heterocycles. The quantitative estimate of drug-likeness (QED) is 0.438. The molecule has 9 nitrogen and oxygen atoms in total. The van der Waals surface area contributed by atoms with Gasteiger partial charge in [-0.3, -0.25) is 14.7 Å². The van der Waals surface area contributed by atoms with Gasteiger partial charge in [-0.05, 0) is 19.1 Å². The first kappa shape index (κ1) is 28.0. The molecule has 0 amide bonds. The Balaban J connectivity index is 1.81. The second-order valence-corrected chi connectivity index (χ2v) is 9.82. The highest BCUT2D eigenvalue weighted by Gasteiger charge is 2.47. The van der Waals surface area contributed by atoms with Gasteiger partial charge in [0.1, 0.15) is 18.3 Å². The lowest BCUT2D eigenvalue weighted by molar-refractivity contribution is -0.162. The van der Waals surface area contributed by atoms with E-state index in [-0.39, 0.29) is 48.4 Å². The first-order valence-electron chi connectivity index (χ1n) is 11.6. The van der Waals surface area contributed by atoms with E-state index in [2.05, 4.69) is 15.3 Å². The van der Waals surface area contributed by atoms with Gasteiger partial charge in [0.05, 0.1) is 31.4 Å². The number of benzene rings is 1. The number of ether oxygens (including phenoxy) is 2. The van der Waals surface area contributed by atoms with E-state index in [0.717, 1.165) is 6.07 Å². The number of carboxylic acid groups (broad SMARTS) is 1. The molecule has 0 bridgehead atoms. The lowest BCUT2D eigenvalue weighted by Crippen LogP contribution is -2.57. The summed E-state index contributed by atoms with van der Waals surface area (Å²) in [5.74, 6) is -6.35. The molecule has 0 spiro atoms. The number of carboxylic acids is 1. The van der Waals surface area contributed by atoms with Gasteiger partial charge in [-0.15, -0.1) is 11.3 Å². The molecule has 2 aliphatic heterocycles. The molecule has 2 atom stereocenters. The number of morpholine rings is 1. The maximum absolute atomic E-state index is 15.0. The lowest BCUT2D eigenvalue weighted by atomic mass is 9.94. The summed E-state index contributed by atoms with van der Waals surface area (Å²) in [5.41, 5.74) is 0.512. The van der Waals surface area contributed by atoms with Crippen molar-refractivity contribution in [3.8, 4) is 0 Å². The van der Waals surface area contributed by atoms with Crippen LogP contribution in [0.3, 0.4) is 0 Å². The van der Waals surface area contributed by atoms with E-state index >= 15 is 0 Å². The van der Waals surface area contributed by atoms with Gasteiger partial charge in [-0.1, -0.05) is 17.7 Å². The number of esters is 1. The summed E-state index contributed by atoms with van der Waals surface area (Å²) in [4.78, 5) is 34.6. The van der Waals surface area contributed by atoms with Gasteiger partial charge in [-0.25, -0.2) is 22.9 Å². The molecule has 2 N–H and O–H groups in total. The molecule has 0 saturated carbocycles. The Morgan fingerprint density at radius 2 is 2.18 bits per heavy atom. The molecule has 1 aromatic heterocycles. The maximum Gasteiger partial charge on any atom is 0.338 e. The van der Waals surface area contributed by atoms with Crippen LogP contribution in [-0.2, 0) is 19.1 Å². The number of aliphatic carboxylic acids is 1. The molecule has 1 saturated heterocycles. The summed E-state index contributed by atoms with van der Waals surface area (Å²) in [6, 6.07) is 1.03. The largest absolute Gasteiger partial charge is 0.481 e. The van der Waals surface area contributed by atoms with Crippen LogP contribution < -0.4 is 5.32 Å². The molecule has 4 rings (SSSR count). The third-order valence-electron chi connectivity index (χ3n) is 5.99. The summed E-state index contributed by atoms with van der Waals surface area (Å²) in [7, 11) is 0. The number of aromatic nitrogens is 1. The van der Waals surface area contributed by atoms with Crippen LogP contribution in [0.2, 0.25) is 5.02 Å². The Morgan fingerprint density at radius 1 is 1.39 bits per heavy atom. The van der Waals surface area contributed by atoms with Gasteiger partial charge in [0, 0.05) is 40.9 Å². The fraction of sp³-hybridized carbons (Fsp3) is 0.417. The number of hydrogen-bond acceptors (Lipinski definition) is 9. The van der Waals surface area contributed by atoms with Crippen LogP contribution in [0.15, 0.2) is 46.0 Å². The number of nitrogens with zero attached hydrogens (tertiary/aromatic N) is 3. The first-order chi connectivity index (χ1) is 18.1. The van der Waals surface area contributed by atoms with Crippen LogP contribution in [0.1, 0.15) is 30.0 Å². The van der Waals surface area contributed by atoms with Gasteiger partial charge >= 0.3 is 11.9 Å². The van der Waals surface area contributed by atoms with E-state index < -0.39 is 48.8 Å². The Hall–Kier alpha value is -3.00. The summed E-state index contributed by atoms with van der Waals surface area (Å²) in [6.45, 7) is 1.21. The third-order valence-corrected chi connectivity index (χ3v) is 7.10. The van der Waals surface area contributed by atoms with E-state index in [0.29, 0.717) is 10.6 Å². The normalized spacial score (nSPS) is 20.6. The number of carbonyl (C=O) groups is 2. The number of amidine groups is 1. The average molecular weight is 573 g/mol. The molecule has 1 aromatic carbocycles. The van der Waals surface area contributed by atoms with Crippen LogP contribution >= 0.6 is 22.9 Å². The zero-order chi connectivity index (χ0) is 27.4. The van der Waals surface area contributed by atoms with Crippen molar-refractivity contribution in [2.45, 2.75) is 31.4 Å². The van der Waals surface area contributed by atoms with Crippen molar-refractivity contribution in [1.29, 1.82) is 0 Å². The van der Waals surface area contributed by atoms with Gasteiger partial charge in [-0.2, -0.15) is 0 Å². The Labute approximate surface area is 224 Å². The molecule has 0 radical (unpaired) electrons. The van der Waals surface area contributed by atoms with E-state index in [1.54, 1.807) is 18.5 Å². The molecular weight excluding hydrogens is 549 g/mol. The van der Waals surface area contributed by atoms with Crippen LogP contribution in [-0.4, -0.2) is 77.6 Å². The van der Waals surface area contributed by atoms with Gasteiger partial charge in [0.15, 0.2) is 10.8 Å². The molecule has 14 heteroatoms. The number of aliphatic imine (C=N–C) groups is 1. The summed E-state index contributed by atoms with van der Waals surface area (Å²) >= 11 is 7.61. The molecule has 1 unspecified atom stereocenters. The molecular formula is C24H24ClF3N4O5S. The molecule has 204 valence electrons. The third kappa shape index (κ3) is 6.17. The Morgan fingerprint density at radius 3 is 2.84 bits per heavy atom. The molecule has 2 aromatic rings. The van der Waals surface area contributed by atoms with Crippen LogP contribution in [0, 0.1) is 5.82 Å². The zero-order valence-corrected chi connectivity index (χ0v) is 21.7. The molecule has 1 fully saturated rings. The first-order valence-corrected chi connectivity index (χ1v) is 12.9. The minimum absolute atomic E-state index is 0.00690. The molecule has 2 aliphatic rings. The van der Waals surface area contributed by atoms with Crippen molar-refractivity contribution in [1.82, 2.24) is 15.2 Å². The standard InChI is InChI=1S/C24H24ClF3N4O5S/c1-2-37-23(35)19-16(11-32-6-7-36-12-17(32)24(27,28)10-18(33)34)30-21(22-29-5-8-38-22)31-20(19)14-4-3-13(26)9-15(14)25/h3-5,8-9,17,20H,2,6-7,10-12H2,1H3,(H,30,31)(H,33,34)/t17?,20-/m0/s1. The van der Waals surface area contributed by atoms with Crippen molar-refractivity contribution in [2.24, 2.45) is 4.99 Å². The number of nitrogens with one attached hydrogen (secondary N) is 1. The molecule has 38 heavy (non-hydrogen) atoms. The number of alkyl halides is 2. The predicted molar refractivity (Wildman–Crippen MR) is 133 cm³/mol. The number of thiazole rings is 1. The zero-order valence-electron chi connectivity index (χ0n) is 20.1. The summed E-state index contributed by atoms with van der Waals surface area (Å²) in [5, 5.41) is 14.3. The van der Waals surface area contributed by atoms with Crippen LogP contribution in [0.5, 0.6) is 0 Å². The highest BCUT2D eigenvalue weighted by molar-refractivity contribution is 7.11. The van der Waals surface area contributed by atoms with E-state index in [9.17, 15) is 22.8 Å². The SMILES string of the molecule is CCOC(=O)C1=C(CN2CCOCC2C(F)(F)CC(=O)O)NC(c2nccs2)=N[C@H]1c1ccc(F)cc1Cl. The molecule has 0 aliphatic carbocycles. The minimum Gasteiger partial charge on any atom is -0.481 e. The fourth-order valence-corrected chi connectivity index (χ4v) is 5.16. The Bertz CT molecular complexity index is 1260. The second-order valence-electron chi connectivity index (χ2n) is 8.51. The minimum atomic E-state index is -3.61. The topological polar surface area (TPSA) is 113 Å². The smallest absolute Gasteiger partial charge is 0.338 e. The maximum atomic E-state index is 15.0. The van der Waals surface area contributed by atoms with Gasteiger partial charge in [0.2, 0.25) is 0 Å². The predicted octanol–water partition coefficient (Wildman–Crippen LogP) is 3.65. The van der Waals surface area contributed by atoms with Gasteiger partial charge < -0.3 is 19.9 Å². The van der Waals surface area contributed by atoms with Crippen molar-refractivity contribution >= 4 is 40.7 Å². The van der Waals surface area contributed by atoms with Crippen molar-refractivity contribution in [3.05, 3.63) is 62.5 Å². The van der Waals surface area contributed by atoms with Crippen molar-refractivity contribution in [2.75, 3.05) is 32.9 Å². The Kier molecular flexibility index (Phi) is 8.71. The number of hydrogen-bond donors (Lipinski definition) is 2. The van der Waals surface area contributed by atoms with Crippen molar-refractivity contribution in [3.63, 3.8) is 0 Å². The number of carbonyl (C=O) groups excluding carboxylic acids is 1. The van der Waals surface area contributed by atoms with Crippen LogP contribution in [0.25, 0.3) is 0 Å². The summed E-state index contributed by atoms with van der Waals surface area (Å²) in [6.07, 6.45) is 0.174. The number of rotatable bonds is 9. The van der Waals surface area contributed by atoms with Crippen LogP contribution in [0.4, 0.5) is 13.2 Å². The fourth-order valence-electron chi connectivity index (χ4n) is 4.31. The van der Waals surface area contributed by atoms with Crippen molar-refractivity contribution < 1.29 is 37.3 Å². The average Bonchev–Trinajstić information content (AvgIpc) is 3.38. The monoisotopic (exact) mass is 572 g/mol. The van der Waals surface area contributed by atoms with E-state index in [1.165, 1.54) is 28.4 Å². The van der Waals surface area contributed by atoms with Gasteiger partial charge in [0.25, 0.3) is 5.92 Å². The lowest BCUT2D eigenvalue weighted by Gasteiger charge is -2.40.